The molecule has 0 aliphatic heterocycles. The molecule has 0 radical (unpaired) electrons. The van der Waals surface area contributed by atoms with Gasteiger partial charge in [0.2, 0.25) is 5.91 Å². The summed E-state index contributed by atoms with van der Waals surface area (Å²) in [6, 6.07) is 6.79. The Kier molecular flexibility index (Phi) is 6.83. The predicted octanol–water partition coefficient (Wildman–Crippen LogP) is 0.641. The first kappa shape index (κ1) is 18.4. The van der Waals surface area contributed by atoms with E-state index in [1.807, 2.05) is 38.1 Å². The minimum absolute atomic E-state index is 0.100. The second-order valence-corrected chi connectivity index (χ2v) is 7.77. The van der Waals surface area contributed by atoms with Crippen molar-refractivity contribution in [2.45, 2.75) is 32.4 Å². The lowest BCUT2D eigenvalue weighted by molar-refractivity contribution is -0.122. The second kappa shape index (κ2) is 8.14. The maximum atomic E-state index is 11.8. The van der Waals surface area contributed by atoms with Crippen LogP contribution in [0.5, 0.6) is 5.75 Å². The number of rotatable bonds is 8. The molecule has 3 N–H and O–H groups in total. The molecule has 0 saturated heterocycles. The van der Waals surface area contributed by atoms with Crippen LogP contribution in [0.2, 0.25) is 0 Å². The molecule has 0 saturated carbocycles. The zero-order valence-corrected chi connectivity index (χ0v) is 14.0. The molecule has 22 heavy (non-hydrogen) atoms. The van der Waals surface area contributed by atoms with Gasteiger partial charge in [-0.2, -0.15) is 0 Å². The second-order valence-electron chi connectivity index (χ2n) is 5.51. The maximum absolute atomic E-state index is 11.8. The Hall–Kier alpha value is -1.60. The first-order chi connectivity index (χ1) is 10.2. The van der Waals surface area contributed by atoms with Gasteiger partial charge >= 0.3 is 0 Å². The van der Waals surface area contributed by atoms with E-state index in [1.54, 1.807) is 0 Å². The van der Waals surface area contributed by atoms with Crippen LogP contribution >= 0.6 is 0 Å². The van der Waals surface area contributed by atoms with Gasteiger partial charge in [0.05, 0.1) is 18.3 Å². The number of carbonyl (C=O) groups is 1. The molecule has 2 unspecified atom stereocenters. The van der Waals surface area contributed by atoms with Crippen molar-refractivity contribution in [3.05, 3.63) is 29.8 Å². The van der Waals surface area contributed by atoms with Crippen molar-refractivity contribution in [2.24, 2.45) is 5.73 Å². The van der Waals surface area contributed by atoms with Gasteiger partial charge in [-0.15, -0.1) is 0 Å². The smallest absolute Gasteiger partial charge is 0.237 e. The Balaban J connectivity index is 2.34. The van der Waals surface area contributed by atoms with Gasteiger partial charge in [-0.1, -0.05) is 17.7 Å². The van der Waals surface area contributed by atoms with Crippen LogP contribution in [0.3, 0.4) is 0 Å². The van der Waals surface area contributed by atoms with Crippen LogP contribution in [0.15, 0.2) is 24.3 Å². The molecule has 0 heterocycles. The molecule has 124 valence electrons. The largest absolute Gasteiger partial charge is 0.489 e. The molecule has 1 aromatic carbocycles. The van der Waals surface area contributed by atoms with E-state index in [4.69, 9.17) is 10.5 Å². The SMILES string of the molecule is Cc1ccc(OC(C)CNC(=O)C(N)CCS(C)(=O)=O)cc1. The summed E-state index contributed by atoms with van der Waals surface area (Å²) in [6.45, 7) is 4.13. The van der Waals surface area contributed by atoms with E-state index in [-0.39, 0.29) is 24.2 Å². The number of amides is 1. The number of aryl methyl sites for hydroxylation is 1. The molecular weight excluding hydrogens is 304 g/mol. The summed E-state index contributed by atoms with van der Waals surface area (Å²) >= 11 is 0. The monoisotopic (exact) mass is 328 g/mol. The van der Waals surface area contributed by atoms with Crippen LogP contribution < -0.4 is 15.8 Å². The summed E-state index contributed by atoms with van der Waals surface area (Å²) in [5.41, 5.74) is 6.81. The third kappa shape index (κ3) is 7.42. The highest BCUT2D eigenvalue weighted by Crippen LogP contribution is 2.12. The quantitative estimate of drug-likeness (QED) is 0.730. The van der Waals surface area contributed by atoms with Crippen LogP contribution in [0.4, 0.5) is 0 Å². The summed E-state index contributed by atoms with van der Waals surface area (Å²) in [5.74, 6) is 0.258. The Morgan fingerprint density at radius 2 is 1.91 bits per heavy atom. The van der Waals surface area contributed by atoms with Crippen LogP contribution in [0, 0.1) is 6.92 Å². The van der Waals surface area contributed by atoms with Gasteiger partial charge < -0.3 is 15.8 Å². The van der Waals surface area contributed by atoms with Crippen molar-refractivity contribution >= 4 is 15.7 Å². The average molecular weight is 328 g/mol. The lowest BCUT2D eigenvalue weighted by Gasteiger charge is -2.17. The van der Waals surface area contributed by atoms with Gasteiger partial charge in [0.25, 0.3) is 0 Å². The highest BCUT2D eigenvalue weighted by molar-refractivity contribution is 7.90. The van der Waals surface area contributed by atoms with Gasteiger partial charge in [0, 0.05) is 6.26 Å². The van der Waals surface area contributed by atoms with E-state index >= 15 is 0 Å². The molecule has 1 rings (SSSR count). The van der Waals surface area contributed by atoms with E-state index in [2.05, 4.69) is 5.32 Å². The van der Waals surface area contributed by atoms with Crippen molar-refractivity contribution in [3.63, 3.8) is 0 Å². The van der Waals surface area contributed by atoms with Crippen molar-refractivity contribution in [3.8, 4) is 5.75 Å². The Labute approximate surface area is 132 Å². The van der Waals surface area contributed by atoms with Gasteiger partial charge in [0.15, 0.2) is 0 Å². The van der Waals surface area contributed by atoms with Crippen molar-refractivity contribution < 1.29 is 17.9 Å². The first-order valence-corrected chi connectivity index (χ1v) is 9.18. The van der Waals surface area contributed by atoms with Gasteiger partial charge in [-0.05, 0) is 32.4 Å². The number of nitrogens with one attached hydrogen (secondary N) is 1. The number of ether oxygens (including phenoxy) is 1. The van der Waals surface area contributed by atoms with Crippen LogP contribution in [0.1, 0.15) is 18.9 Å². The molecule has 6 nitrogen and oxygen atoms in total. The molecule has 2 atom stereocenters. The standard InChI is InChI=1S/C15H24N2O4S/c1-11-4-6-13(7-5-11)21-12(2)10-17-15(18)14(16)8-9-22(3,19)20/h4-7,12,14H,8-10,16H2,1-3H3,(H,17,18). The number of benzene rings is 1. The normalized spacial score (nSPS) is 14.2. The molecule has 7 heteroatoms. The molecule has 0 aromatic heterocycles. The molecule has 0 aliphatic carbocycles. The molecule has 0 spiro atoms. The fourth-order valence-corrected chi connectivity index (χ4v) is 2.42. The Bertz CT molecular complexity index is 584. The summed E-state index contributed by atoms with van der Waals surface area (Å²) in [7, 11) is -3.11. The molecular formula is C15H24N2O4S. The lowest BCUT2D eigenvalue weighted by atomic mass is 10.2. The molecule has 0 fully saturated rings. The minimum atomic E-state index is -3.11. The third-order valence-electron chi connectivity index (χ3n) is 3.06. The minimum Gasteiger partial charge on any atom is -0.489 e. The van der Waals surface area contributed by atoms with E-state index in [0.717, 1.165) is 17.6 Å². The maximum Gasteiger partial charge on any atom is 0.237 e. The van der Waals surface area contributed by atoms with Gasteiger partial charge in [-0.25, -0.2) is 8.42 Å². The van der Waals surface area contributed by atoms with Crippen molar-refractivity contribution in [1.82, 2.24) is 5.32 Å². The third-order valence-corrected chi connectivity index (χ3v) is 4.04. The average Bonchev–Trinajstić information content (AvgIpc) is 2.44. The molecule has 0 aliphatic rings. The first-order valence-electron chi connectivity index (χ1n) is 7.11. The van der Waals surface area contributed by atoms with Gasteiger partial charge in [-0.3, -0.25) is 4.79 Å². The lowest BCUT2D eigenvalue weighted by Crippen LogP contribution is -2.44. The van der Waals surface area contributed by atoms with Crippen LogP contribution in [-0.4, -0.2) is 45.0 Å². The number of hydrogen-bond acceptors (Lipinski definition) is 5. The number of nitrogens with two attached hydrogens (primary N) is 1. The summed E-state index contributed by atoms with van der Waals surface area (Å²) in [4.78, 5) is 11.8. The number of sulfone groups is 1. The summed E-state index contributed by atoms with van der Waals surface area (Å²) in [5, 5.41) is 2.67. The highest BCUT2D eigenvalue weighted by atomic mass is 32.2. The number of carbonyl (C=O) groups excluding carboxylic acids is 1. The highest BCUT2D eigenvalue weighted by Gasteiger charge is 2.16. The van der Waals surface area contributed by atoms with Crippen molar-refractivity contribution in [1.29, 1.82) is 0 Å². The zero-order chi connectivity index (χ0) is 16.8. The zero-order valence-electron chi connectivity index (χ0n) is 13.2. The number of hydrogen-bond donors (Lipinski definition) is 2. The van der Waals surface area contributed by atoms with Crippen LogP contribution in [-0.2, 0) is 14.6 Å². The Morgan fingerprint density at radius 1 is 1.32 bits per heavy atom. The van der Waals surface area contributed by atoms with E-state index in [1.165, 1.54) is 0 Å². The van der Waals surface area contributed by atoms with Crippen molar-refractivity contribution in [2.75, 3.05) is 18.6 Å². The Morgan fingerprint density at radius 3 is 2.45 bits per heavy atom. The topological polar surface area (TPSA) is 98.5 Å². The fourth-order valence-electron chi connectivity index (χ4n) is 1.74. The molecule has 1 aromatic rings. The predicted molar refractivity (Wildman–Crippen MR) is 86.6 cm³/mol. The fraction of sp³-hybridized carbons (Fsp3) is 0.533. The van der Waals surface area contributed by atoms with Crippen LogP contribution in [0.25, 0.3) is 0 Å². The van der Waals surface area contributed by atoms with E-state index in [9.17, 15) is 13.2 Å². The molecule has 0 bridgehead atoms. The van der Waals surface area contributed by atoms with Gasteiger partial charge in [0.1, 0.15) is 21.7 Å². The van der Waals surface area contributed by atoms with E-state index in [0.29, 0.717) is 6.54 Å². The molecule has 1 amide bonds. The summed E-state index contributed by atoms with van der Waals surface area (Å²) < 4.78 is 27.8. The summed E-state index contributed by atoms with van der Waals surface area (Å²) in [6.07, 6.45) is 1.02. The van der Waals surface area contributed by atoms with E-state index < -0.39 is 15.9 Å².